The normalized spacial score (nSPS) is 19.8. The summed E-state index contributed by atoms with van der Waals surface area (Å²) in [6.45, 7) is 5.72. The van der Waals surface area contributed by atoms with Gasteiger partial charge >= 0.3 is 6.03 Å². The van der Waals surface area contributed by atoms with Crippen LogP contribution in [0.25, 0.3) is 11.2 Å². The largest absolute Gasteiger partial charge is 0.382 e. The second-order valence-corrected chi connectivity index (χ2v) is 9.78. The van der Waals surface area contributed by atoms with Crippen LogP contribution in [-0.2, 0) is 20.8 Å². The van der Waals surface area contributed by atoms with Crippen molar-refractivity contribution >= 4 is 34.6 Å². The lowest BCUT2D eigenvalue weighted by atomic mass is 10.1. The zero-order chi connectivity index (χ0) is 26.6. The van der Waals surface area contributed by atoms with E-state index in [1.165, 1.54) is 6.33 Å². The number of fused-ring (bicyclic) bond motifs is 1. The quantitative estimate of drug-likeness (QED) is 0.358. The molecule has 3 aromatic rings. The van der Waals surface area contributed by atoms with Crippen molar-refractivity contribution in [1.82, 2.24) is 35.1 Å². The SMILES string of the molecule is CO[C@H](CN(C)CCNC(=O)NCc1ccc(Cl)cc1)[C@H]1OC(C)(C)O[C@H]1n1cnc2c(N)ncnc21. The number of nitrogens with one attached hydrogen (secondary N) is 2. The molecule has 1 aliphatic rings. The minimum atomic E-state index is -0.844. The van der Waals surface area contributed by atoms with Gasteiger partial charge in [0, 0.05) is 38.3 Å². The molecule has 12 nitrogen and oxygen atoms in total. The van der Waals surface area contributed by atoms with Gasteiger partial charge in [-0.2, -0.15) is 0 Å². The summed E-state index contributed by atoms with van der Waals surface area (Å²) in [5.41, 5.74) is 7.99. The zero-order valence-corrected chi connectivity index (χ0v) is 22.1. The first-order chi connectivity index (χ1) is 17.7. The summed E-state index contributed by atoms with van der Waals surface area (Å²) >= 11 is 5.90. The van der Waals surface area contributed by atoms with Crippen molar-refractivity contribution in [2.45, 2.75) is 44.6 Å². The van der Waals surface area contributed by atoms with Crippen molar-refractivity contribution in [3.8, 4) is 0 Å². The first-order valence-corrected chi connectivity index (χ1v) is 12.3. The van der Waals surface area contributed by atoms with E-state index in [1.54, 1.807) is 30.1 Å². The number of hydrogen-bond donors (Lipinski definition) is 3. The Labute approximate surface area is 220 Å². The third kappa shape index (κ3) is 6.65. The highest BCUT2D eigenvalue weighted by atomic mass is 35.5. The maximum Gasteiger partial charge on any atom is 0.315 e. The van der Waals surface area contributed by atoms with Crippen molar-refractivity contribution in [2.75, 3.05) is 39.5 Å². The Morgan fingerprint density at radius 3 is 2.73 bits per heavy atom. The topological polar surface area (TPSA) is 142 Å². The minimum absolute atomic E-state index is 0.241. The number of benzene rings is 1. The molecule has 1 aliphatic heterocycles. The smallest absolute Gasteiger partial charge is 0.315 e. The molecule has 1 saturated heterocycles. The highest BCUT2D eigenvalue weighted by molar-refractivity contribution is 6.30. The van der Waals surface area contributed by atoms with Crippen molar-refractivity contribution < 1.29 is 19.0 Å². The van der Waals surface area contributed by atoms with Crippen LogP contribution in [0.15, 0.2) is 36.9 Å². The molecule has 1 fully saturated rings. The molecule has 4 N–H and O–H groups in total. The summed E-state index contributed by atoms with van der Waals surface area (Å²) in [6.07, 6.45) is 1.69. The van der Waals surface area contributed by atoms with Crippen LogP contribution in [0.5, 0.6) is 0 Å². The average molecular weight is 533 g/mol. The lowest BCUT2D eigenvalue weighted by Gasteiger charge is -2.29. The van der Waals surface area contributed by atoms with Gasteiger partial charge in [0.25, 0.3) is 0 Å². The highest BCUT2D eigenvalue weighted by Gasteiger charge is 2.47. The number of carbonyl (C=O) groups excluding carboxylic acids is 1. The van der Waals surface area contributed by atoms with E-state index in [9.17, 15) is 4.79 Å². The van der Waals surface area contributed by atoms with E-state index in [-0.39, 0.29) is 12.1 Å². The molecule has 0 saturated carbocycles. The van der Waals surface area contributed by atoms with E-state index < -0.39 is 18.1 Å². The van der Waals surface area contributed by atoms with Gasteiger partial charge in [-0.15, -0.1) is 0 Å². The molecule has 0 aliphatic carbocycles. The predicted molar refractivity (Wildman–Crippen MR) is 139 cm³/mol. The number of nitrogens with zero attached hydrogens (tertiary/aromatic N) is 5. The Morgan fingerprint density at radius 1 is 1.24 bits per heavy atom. The summed E-state index contributed by atoms with van der Waals surface area (Å²) in [5, 5.41) is 6.37. The number of carbonyl (C=O) groups is 1. The van der Waals surface area contributed by atoms with Gasteiger partial charge < -0.3 is 35.5 Å². The van der Waals surface area contributed by atoms with E-state index in [1.807, 2.05) is 33.0 Å². The van der Waals surface area contributed by atoms with Crippen molar-refractivity contribution in [2.24, 2.45) is 0 Å². The molecular formula is C24H33ClN8O4. The molecule has 0 radical (unpaired) electrons. The standard InChI is InChI=1S/C24H33ClN8O4/c1-24(2)36-19(22(37-24)33-14-31-18-20(26)29-13-30-21(18)33)17(35-4)12-32(3)10-9-27-23(34)28-11-15-5-7-16(25)8-6-15/h5-8,13-14,17,19,22H,9-12H2,1-4H3,(H2,26,29,30)(H2,27,28,34)/t17-,19-,22-/m1/s1. The molecule has 0 bridgehead atoms. The number of urea groups is 1. The molecule has 3 atom stereocenters. The van der Waals surface area contributed by atoms with Gasteiger partial charge in [-0.25, -0.2) is 19.7 Å². The first-order valence-electron chi connectivity index (χ1n) is 11.9. The zero-order valence-electron chi connectivity index (χ0n) is 21.3. The molecule has 0 spiro atoms. The monoisotopic (exact) mass is 532 g/mol. The van der Waals surface area contributed by atoms with E-state index in [2.05, 4.69) is 30.5 Å². The molecule has 2 aromatic heterocycles. The number of nitrogen functional groups attached to an aromatic ring is 1. The van der Waals surface area contributed by atoms with Crippen molar-refractivity contribution in [1.29, 1.82) is 0 Å². The maximum absolute atomic E-state index is 12.2. The fourth-order valence-corrected chi connectivity index (χ4v) is 4.35. The average Bonchev–Trinajstić information content (AvgIpc) is 3.43. The van der Waals surface area contributed by atoms with Crippen LogP contribution in [0, 0.1) is 0 Å². The van der Waals surface area contributed by atoms with Gasteiger partial charge in [-0.3, -0.25) is 4.57 Å². The molecule has 37 heavy (non-hydrogen) atoms. The summed E-state index contributed by atoms with van der Waals surface area (Å²) in [7, 11) is 3.59. The van der Waals surface area contributed by atoms with Gasteiger partial charge in [0.05, 0.1) is 6.33 Å². The Balaban J connectivity index is 1.32. The molecule has 3 heterocycles. The Kier molecular flexibility index (Phi) is 8.45. The lowest BCUT2D eigenvalue weighted by molar-refractivity contribution is -0.161. The summed E-state index contributed by atoms with van der Waals surface area (Å²) in [4.78, 5) is 26.9. The van der Waals surface area contributed by atoms with Gasteiger partial charge in [-0.05, 0) is 38.6 Å². The summed E-state index contributed by atoms with van der Waals surface area (Å²) in [5.74, 6) is -0.546. The highest BCUT2D eigenvalue weighted by Crippen LogP contribution is 2.38. The molecule has 200 valence electrons. The fraction of sp³-hybridized carbons (Fsp3) is 0.500. The number of rotatable bonds is 10. The van der Waals surface area contributed by atoms with Crippen LogP contribution in [0.3, 0.4) is 0 Å². The molecule has 0 unspecified atom stereocenters. The van der Waals surface area contributed by atoms with Crippen LogP contribution >= 0.6 is 11.6 Å². The first kappa shape index (κ1) is 27.0. The van der Waals surface area contributed by atoms with Crippen LogP contribution < -0.4 is 16.4 Å². The van der Waals surface area contributed by atoms with Crippen LogP contribution in [-0.4, -0.2) is 82.2 Å². The molecule has 4 rings (SSSR count). The fourth-order valence-electron chi connectivity index (χ4n) is 4.22. The maximum atomic E-state index is 12.2. The number of nitrogens with two attached hydrogens (primary N) is 1. The van der Waals surface area contributed by atoms with Gasteiger partial charge in [0.15, 0.2) is 23.5 Å². The van der Waals surface area contributed by atoms with E-state index >= 15 is 0 Å². The second kappa shape index (κ2) is 11.6. The van der Waals surface area contributed by atoms with Crippen LogP contribution in [0.1, 0.15) is 25.6 Å². The predicted octanol–water partition coefficient (Wildman–Crippen LogP) is 2.16. The number of ether oxygens (including phenoxy) is 3. The molecule has 2 amide bonds. The summed E-state index contributed by atoms with van der Waals surface area (Å²) < 4.78 is 20.1. The van der Waals surface area contributed by atoms with E-state index in [0.29, 0.717) is 48.2 Å². The minimum Gasteiger partial charge on any atom is -0.382 e. The Morgan fingerprint density at radius 2 is 2.00 bits per heavy atom. The third-order valence-corrected chi connectivity index (χ3v) is 6.32. The number of halogens is 1. The van der Waals surface area contributed by atoms with Crippen LogP contribution in [0.4, 0.5) is 10.6 Å². The number of likely N-dealkylation sites (N-methyl/N-ethyl adjacent to an activating group) is 1. The van der Waals surface area contributed by atoms with Gasteiger partial charge in [0.2, 0.25) is 0 Å². The van der Waals surface area contributed by atoms with Crippen LogP contribution in [0.2, 0.25) is 5.02 Å². The number of anilines is 1. The van der Waals surface area contributed by atoms with Crippen molar-refractivity contribution in [3.05, 3.63) is 47.5 Å². The van der Waals surface area contributed by atoms with Gasteiger partial charge in [0.1, 0.15) is 24.1 Å². The molecular weight excluding hydrogens is 500 g/mol. The Hall–Kier alpha value is -3.03. The number of methoxy groups -OCH3 is 1. The van der Waals surface area contributed by atoms with E-state index in [0.717, 1.165) is 5.56 Å². The van der Waals surface area contributed by atoms with Crippen molar-refractivity contribution in [3.63, 3.8) is 0 Å². The number of imidazole rings is 1. The lowest BCUT2D eigenvalue weighted by Crippen LogP contribution is -2.45. The summed E-state index contributed by atoms with van der Waals surface area (Å²) in [6, 6.07) is 7.09. The number of aromatic nitrogens is 4. The number of amides is 2. The third-order valence-electron chi connectivity index (χ3n) is 6.07. The van der Waals surface area contributed by atoms with E-state index in [4.69, 9.17) is 31.5 Å². The number of hydrogen-bond acceptors (Lipinski definition) is 9. The molecule has 1 aromatic carbocycles. The Bertz CT molecular complexity index is 1210. The molecule has 13 heteroatoms. The van der Waals surface area contributed by atoms with Gasteiger partial charge in [-0.1, -0.05) is 23.7 Å². The second-order valence-electron chi connectivity index (χ2n) is 9.35.